The van der Waals surface area contributed by atoms with Gasteiger partial charge in [-0.25, -0.2) is 0 Å². The minimum atomic E-state index is -0.197. The molecule has 4 nitrogen and oxygen atoms in total. The highest BCUT2D eigenvalue weighted by atomic mass is 35.5. The monoisotopic (exact) mass is 270 g/mol. The number of halogens is 1. The van der Waals surface area contributed by atoms with Gasteiger partial charge in [-0.1, -0.05) is 30.3 Å². The Morgan fingerprint density at radius 2 is 2.17 bits per heavy atom. The highest BCUT2D eigenvalue weighted by molar-refractivity contribution is 5.85. The van der Waals surface area contributed by atoms with Crippen LogP contribution in [0.3, 0.4) is 0 Å². The zero-order valence-corrected chi connectivity index (χ0v) is 11.3. The molecular weight excluding hydrogens is 252 g/mol. The lowest BCUT2D eigenvalue weighted by molar-refractivity contribution is -0.135. The minimum absolute atomic E-state index is 0. The highest BCUT2D eigenvalue weighted by Crippen LogP contribution is 2.05. The van der Waals surface area contributed by atoms with E-state index in [1.165, 1.54) is 0 Å². The molecule has 100 valence electrons. The van der Waals surface area contributed by atoms with E-state index in [9.17, 15) is 4.79 Å². The summed E-state index contributed by atoms with van der Waals surface area (Å²) in [5, 5.41) is 3.17. The summed E-state index contributed by atoms with van der Waals surface area (Å²) < 4.78 is 5.29. The van der Waals surface area contributed by atoms with Crippen molar-refractivity contribution in [3.8, 4) is 0 Å². The van der Waals surface area contributed by atoms with Crippen molar-refractivity contribution in [2.24, 2.45) is 0 Å². The number of amides is 1. The van der Waals surface area contributed by atoms with Crippen LogP contribution in [-0.2, 0) is 16.1 Å². The molecule has 1 N–H and O–H groups in total. The molecule has 1 saturated heterocycles. The number of carbonyl (C=O) groups is 1. The molecule has 0 saturated carbocycles. The second kappa shape index (κ2) is 7.36. The van der Waals surface area contributed by atoms with Crippen molar-refractivity contribution in [3.63, 3.8) is 0 Å². The van der Waals surface area contributed by atoms with Gasteiger partial charge >= 0.3 is 0 Å². The zero-order chi connectivity index (χ0) is 12.1. The maximum absolute atomic E-state index is 12.1. The Kier molecular flexibility index (Phi) is 6.12. The fourth-order valence-corrected chi connectivity index (χ4v) is 1.93. The number of rotatable bonds is 3. The molecule has 1 aromatic rings. The van der Waals surface area contributed by atoms with Crippen LogP contribution >= 0.6 is 12.4 Å². The van der Waals surface area contributed by atoms with Crippen LogP contribution in [0.2, 0.25) is 0 Å². The molecule has 0 bridgehead atoms. The average molecular weight is 271 g/mol. The van der Waals surface area contributed by atoms with E-state index in [1.54, 1.807) is 4.90 Å². The molecule has 1 aliphatic rings. The quantitative estimate of drug-likeness (QED) is 0.893. The van der Waals surface area contributed by atoms with Gasteiger partial charge in [-0.2, -0.15) is 0 Å². The molecule has 1 unspecified atom stereocenters. The van der Waals surface area contributed by atoms with Gasteiger partial charge in [0.1, 0.15) is 6.04 Å². The summed E-state index contributed by atoms with van der Waals surface area (Å²) in [5.74, 6) is 0.0913. The lowest BCUT2D eigenvalue weighted by atomic mass is 10.2. The van der Waals surface area contributed by atoms with Gasteiger partial charge < -0.3 is 15.0 Å². The molecule has 18 heavy (non-hydrogen) atoms. The van der Waals surface area contributed by atoms with Crippen molar-refractivity contribution in [3.05, 3.63) is 35.9 Å². The summed E-state index contributed by atoms with van der Waals surface area (Å²) >= 11 is 0. The van der Waals surface area contributed by atoms with Gasteiger partial charge in [-0.05, 0) is 5.56 Å². The summed E-state index contributed by atoms with van der Waals surface area (Å²) in [6.07, 6.45) is 0. The molecule has 1 atom stereocenters. The Labute approximate surface area is 114 Å². The smallest absolute Gasteiger partial charge is 0.242 e. The number of hydrogen-bond donors (Lipinski definition) is 1. The van der Waals surface area contributed by atoms with E-state index >= 15 is 0 Å². The summed E-state index contributed by atoms with van der Waals surface area (Å²) in [5.41, 5.74) is 1.14. The number of hydrogen-bond acceptors (Lipinski definition) is 3. The first-order chi connectivity index (χ1) is 8.27. The number of likely N-dealkylation sites (N-methyl/N-ethyl adjacent to an activating group) is 1. The maximum atomic E-state index is 12.1. The molecule has 1 aliphatic heterocycles. The van der Waals surface area contributed by atoms with Crippen LogP contribution < -0.4 is 5.32 Å². The standard InChI is InChI=1S/C13H18N2O2.ClH/c1-15(9-11-5-3-2-4-6-11)13(16)12-10-17-8-7-14-12;/h2-6,12,14H,7-10H2,1H3;1H. The lowest BCUT2D eigenvalue weighted by Gasteiger charge is -2.27. The highest BCUT2D eigenvalue weighted by Gasteiger charge is 2.24. The third kappa shape index (κ3) is 3.98. The van der Waals surface area contributed by atoms with Gasteiger partial charge in [-0.15, -0.1) is 12.4 Å². The first-order valence-electron chi connectivity index (χ1n) is 5.87. The number of nitrogens with one attached hydrogen (secondary N) is 1. The molecule has 2 rings (SSSR count). The van der Waals surface area contributed by atoms with Crippen molar-refractivity contribution in [1.82, 2.24) is 10.2 Å². The van der Waals surface area contributed by atoms with E-state index < -0.39 is 0 Å². The maximum Gasteiger partial charge on any atom is 0.242 e. The number of ether oxygens (including phenoxy) is 1. The van der Waals surface area contributed by atoms with Crippen LogP contribution in [0, 0.1) is 0 Å². The van der Waals surface area contributed by atoms with Crippen LogP contribution in [0.4, 0.5) is 0 Å². The van der Waals surface area contributed by atoms with Crippen LogP contribution in [0.1, 0.15) is 5.56 Å². The van der Waals surface area contributed by atoms with Crippen molar-refractivity contribution >= 4 is 18.3 Å². The molecule has 1 heterocycles. The molecule has 0 aromatic heterocycles. The minimum Gasteiger partial charge on any atom is -0.378 e. The van der Waals surface area contributed by atoms with E-state index in [2.05, 4.69) is 5.32 Å². The van der Waals surface area contributed by atoms with Crippen molar-refractivity contribution in [2.45, 2.75) is 12.6 Å². The lowest BCUT2D eigenvalue weighted by Crippen LogP contribution is -2.51. The second-order valence-corrected chi connectivity index (χ2v) is 4.26. The van der Waals surface area contributed by atoms with Gasteiger partial charge in [0.05, 0.1) is 13.2 Å². The molecule has 0 spiro atoms. The summed E-state index contributed by atoms with van der Waals surface area (Å²) in [7, 11) is 1.83. The molecule has 1 fully saturated rings. The molecule has 0 radical (unpaired) electrons. The summed E-state index contributed by atoms with van der Waals surface area (Å²) in [6.45, 7) is 2.54. The van der Waals surface area contributed by atoms with Crippen LogP contribution in [0.5, 0.6) is 0 Å². The Morgan fingerprint density at radius 3 is 2.78 bits per heavy atom. The Morgan fingerprint density at radius 1 is 1.44 bits per heavy atom. The Hall–Kier alpha value is -1.10. The van der Waals surface area contributed by atoms with E-state index in [1.807, 2.05) is 37.4 Å². The molecule has 0 aliphatic carbocycles. The third-order valence-corrected chi connectivity index (χ3v) is 2.86. The fourth-order valence-electron chi connectivity index (χ4n) is 1.93. The van der Waals surface area contributed by atoms with Crippen molar-refractivity contribution < 1.29 is 9.53 Å². The summed E-state index contributed by atoms with van der Waals surface area (Å²) in [6, 6.07) is 9.79. The number of nitrogens with zero attached hydrogens (tertiary/aromatic N) is 1. The zero-order valence-electron chi connectivity index (χ0n) is 10.5. The first kappa shape index (κ1) is 15.0. The normalized spacial score (nSPS) is 18.8. The predicted octanol–water partition coefficient (Wildman–Crippen LogP) is 1.06. The van der Waals surface area contributed by atoms with Crippen LogP contribution in [0.25, 0.3) is 0 Å². The van der Waals surface area contributed by atoms with Crippen molar-refractivity contribution in [2.75, 3.05) is 26.8 Å². The van der Waals surface area contributed by atoms with Gasteiger partial charge in [0, 0.05) is 20.1 Å². The van der Waals surface area contributed by atoms with Crippen molar-refractivity contribution in [1.29, 1.82) is 0 Å². The van der Waals surface area contributed by atoms with Crippen LogP contribution in [-0.4, -0.2) is 43.7 Å². The Balaban J connectivity index is 0.00000162. The number of morpholine rings is 1. The number of benzene rings is 1. The second-order valence-electron chi connectivity index (χ2n) is 4.26. The van der Waals surface area contributed by atoms with Gasteiger partial charge in [0.15, 0.2) is 0 Å². The first-order valence-corrected chi connectivity index (χ1v) is 5.87. The van der Waals surface area contributed by atoms with Crippen LogP contribution in [0.15, 0.2) is 30.3 Å². The fraction of sp³-hybridized carbons (Fsp3) is 0.462. The average Bonchev–Trinajstić information content (AvgIpc) is 2.40. The predicted molar refractivity (Wildman–Crippen MR) is 72.8 cm³/mol. The van der Waals surface area contributed by atoms with Gasteiger partial charge in [-0.3, -0.25) is 4.79 Å². The molecule has 5 heteroatoms. The topological polar surface area (TPSA) is 41.6 Å². The molecule has 1 amide bonds. The molecule has 1 aromatic carbocycles. The number of carbonyl (C=O) groups excluding carboxylic acids is 1. The van der Waals surface area contributed by atoms with E-state index in [-0.39, 0.29) is 24.4 Å². The third-order valence-electron chi connectivity index (χ3n) is 2.86. The largest absolute Gasteiger partial charge is 0.378 e. The van der Waals surface area contributed by atoms with E-state index in [0.717, 1.165) is 12.1 Å². The molecular formula is C13H19ClN2O2. The van der Waals surface area contributed by atoms with Gasteiger partial charge in [0.25, 0.3) is 0 Å². The van der Waals surface area contributed by atoms with E-state index in [0.29, 0.717) is 19.8 Å². The van der Waals surface area contributed by atoms with E-state index in [4.69, 9.17) is 4.74 Å². The summed E-state index contributed by atoms with van der Waals surface area (Å²) in [4.78, 5) is 13.8. The SMILES string of the molecule is CN(Cc1ccccc1)C(=O)C1COCCN1.Cl. The van der Waals surface area contributed by atoms with Gasteiger partial charge in [0.2, 0.25) is 5.91 Å². The Bertz CT molecular complexity index is 367.